The van der Waals surface area contributed by atoms with Crippen molar-refractivity contribution in [2.24, 2.45) is 0 Å². The molecule has 0 aliphatic carbocycles. The molecule has 2 aliphatic rings. The standard InChI is InChI=1S/C19H18F2N5/c1-25-8-14(9-25)12-2-3-16(22)15(6-12)18(23)13-4-5-24-17(7-13)26-10-19(20,21)11-26/h2-9,23H,10-11,22H2,1H3/q+1. The fourth-order valence-corrected chi connectivity index (χ4v) is 3.11. The number of benzene rings is 1. The molecule has 0 amide bonds. The van der Waals surface area contributed by atoms with Crippen LogP contribution in [0.2, 0.25) is 0 Å². The molecular formula is C19H18F2N5+. The summed E-state index contributed by atoms with van der Waals surface area (Å²) in [6, 6.07) is 8.93. The van der Waals surface area contributed by atoms with E-state index < -0.39 is 5.92 Å². The highest BCUT2D eigenvalue weighted by Crippen LogP contribution is 2.31. The third-order valence-electron chi connectivity index (χ3n) is 4.54. The Kier molecular flexibility index (Phi) is 3.61. The van der Waals surface area contributed by atoms with E-state index in [2.05, 4.69) is 4.98 Å². The summed E-state index contributed by atoms with van der Waals surface area (Å²) in [4.78, 5) is 5.65. The lowest BCUT2D eigenvalue weighted by atomic mass is 9.96. The first kappa shape index (κ1) is 16.4. The molecule has 3 heterocycles. The van der Waals surface area contributed by atoms with Crippen LogP contribution in [-0.2, 0) is 0 Å². The van der Waals surface area contributed by atoms with Gasteiger partial charge in [-0.3, -0.25) is 5.41 Å². The van der Waals surface area contributed by atoms with Gasteiger partial charge in [-0.2, -0.15) is 0 Å². The summed E-state index contributed by atoms with van der Waals surface area (Å²) >= 11 is 0. The molecule has 2 aliphatic heterocycles. The zero-order chi connectivity index (χ0) is 18.5. The summed E-state index contributed by atoms with van der Waals surface area (Å²) < 4.78 is 28.1. The van der Waals surface area contributed by atoms with Gasteiger partial charge in [-0.1, -0.05) is 6.07 Å². The fraction of sp³-hybridized carbons (Fsp3) is 0.211. The van der Waals surface area contributed by atoms with Crippen molar-refractivity contribution >= 4 is 29.0 Å². The van der Waals surface area contributed by atoms with Gasteiger partial charge in [0.15, 0.2) is 12.4 Å². The van der Waals surface area contributed by atoms with E-state index in [1.165, 1.54) is 11.1 Å². The van der Waals surface area contributed by atoms with Gasteiger partial charge in [-0.15, -0.1) is 0 Å². The molecule has 2 aromatic rings. The van der Waals surface area contributed by atoms with Crippen molar-refractivity contribution in [2.75, 3.05) is 30.8 Å². The maximum atomic E-state index is 13.1. The Bertz CT molecular complexity index is 970. The van der Waals surface area contributed by atoms with Crippen LogP contribution in [-0.4, -0.2) is 47.5 Å². The molecular weight excluding hydrogens is 336 g/mol. The lowest BCUT2D eigenvalue weighted by molar-refractivity contribution is -0.423. The van der Waals surface area contributed by atoms with E-state index >= 15 is 0 Å². The van der Waals surface area contributed by atoms with E-state index in [0.29, 0.717) is 22.6 Å². The van der Waals surface area contributed by atoms with E-state index in [0.717, 1.165) is 11.1 Å². The SMILES string of the molecule is C[N+]1=CC(c2ccc(N)c(C(=N)c3ccnc(N4CC(F)(F)C4)c3)c2)=C1. The molecule has 4 rings (SSSR count). The van der Waals surface area contributed by atoms with E-state index in [1.807, 2.05) is 36.2 Å². The van der Waals surface area contributed by atoms with E-state index in [1.54, 1.807) is 18.2 Å². The highest BCUT2D eigenvalue weighted by molar-refractivity contribution is 6.16. The minimum Gasteiger partial charge on any atom is -0.398 e. The number of aromatic nitrogens is 1. The minimum atomic E-state index is -2.66. The molecule has 0 atom stereocenters. The number of alkyl halides is 2. The second-order valence-corrected chi connectivity index (χ2v) is 6.67. The topological polar surface area (TPSA) is 69.0 Å². The van der Waals surface area contributed by atoms with Crippen molar-refractivity contribution in [1.29, 1.82) is 5.41 Å². The largest absolute Gasteiger partial charge is 0.398 e. The number of allylic oxidation sites excluding steroid dienone is 1. The van der Waals surface area contributed by atoms with Crippen LogP contribution in [0, 0.1) is 5.41 Å². The predicted octanol–water partition coefficient (Wildman–Crippen LogP) is 2.60. The molecule has 0 spiro atoms. The summed E-state index contributed by atoms with van der Waals surface area (Å²) in [5.41, 5.74) is 10.1. The van der Waals surface area contributed by atoms with Gasteiger partial charge >= 0.3 is 0 Å². The Balaban J connectivity index is 1.62. The molecule has 3 N–H and O–H groups in total. The second kappa shape index (κ2) is 5.72. The number of pyridine rings is 1. The molecule has 26 heavy (non-hydrogen) atoms. The van der Waals surface area contributed by atoms with Crippen molar-refractivity contribution in [3.8, 4) is 0 Å². The van der Waals surface area contributed by atoms with Crippen molar-refractivity contribution < 1.29 is 13.4 Å². The van der Waals surface area contributed by atoms with Gasteiger partial charge in [-0.05, 0) is 29.8 Å². The molecule has 7 heteroatoms. The number of anilines is 2. The van der Waals surface area contributed by atoms with Crippen LogP contribution < -0.4 is 10.6 Å². The van der Waals surface area contributed by atoms with Crippen LogP contribution >= 0.6 is 0 Å². The molecule has 132 valence electrons. The van der Waals surface area contributed by atoms with Crippen molar-refractivity contribution in [2.45, 2.75) is 5.92 Å². The first-order valence-electron chi connectivity index (χ1n) is 8.19. The van der Waals surface area contributed by atoms with Crippen molar-refractivity contribution in [3.63, 3.8) is 0 Å². The quantitative estimate of drug-likeness (QED) is 0.504. The third-order valence-corrected chi connectivity index (χ3v) is 4.54. The Morgan fingerprint density at radius 3 is 2.65 bits per heavy atom. The smallest absolute Gasteiger partial charge is 0.282 e. The van der Waals surface area contributed by atoms with Crippen LogP contribution in [0.15, 0.2) is 42.7 Å². The van der Waals surface area contributed by atoms with Gasteiger partial charge in [0.05, 0.1) is 18.8 Å². The van der Waals surface area contributed by atoms with Crippen molar-refractivity contribution in [1.82, 2.24) is 4.98 Å². The average molecular weight is 354 g/mol. The maximum Gasteiger partial charge on any atom is 0.282 e. The van der Waals surface area contributed by atoms with Crippen LogP contribution in [0.4, 0.5) is 20.3 Å². The summed E-state index contributed by atoms with van der Waals surface area (Å²) in [5, 5.41) is 8.54. The molecule has 0 radical (unpaired) electrons. The first-order valence-corrected chi connectivity index (χ1v) is 8.19. The fourth-order valence-electron chi connectivity index (χ4n) is 3.11. The van der Waals surface area contributed by atoms with E-state index in [-0.39, 0.29) is 18.8 Å². The van der Waals surface area contributed by atoms with Gasteiger partial charge in [0, 0.05) is 23.0 Å². The highest BCUT2D eigenvalue weighted by atomic mass is 19.3. The molecule has 5 nitrogen and oxygen atoms in total. The summed E-state index contributed by atoms with van der Waals surface area (Å²) in [6.07, 6.45) is 5.52. The monoisotopic (exact) mass is 354 g/mol. The Hall–Kier alpha value is -3.09. The zero-order valence-corrected chi connectivity index (χ0v) is 14.2. The predicted molar refractivity (Wildman–Crippen MR) is 98.4 cm³/mol. The van der Waals surface area contributed by atoms with Crippen molar-refractivity contribution in [3.05, 3.63) is 59.4 Å². The molecule has 0 unspecified atom stereocenters. The molecule has 1 aromatic heterocycles. The number of hydrogen-bond acceptors (Lipinski definition) is 4. The van der Waals surface area contributed by atoms with Crippen LogP contribution in [0.3, 0.4) is 0 Å². The molecule has 0 saturated carbocycles. The number of rotatable bonds is 4. The number of nitrogens with zero attached hydrogens (tertiary/aromatic N) is 3. The number of halogens is 2. The van der Waals surface area contributed by atoms with E-state index in [9.17, 15) is 8.78 Å². The average Bonchev–Trinajstić information content (AvgIpc) is 2.57. The number of nitrogens with one attached hydrogen (secondary N) is 1. The number of nitrogen functional groups attached to an aromatic ring is 1. The molecule has 1 aromatic carbocycles. The van der Waals surface area contributed by atoms with Gasteiger partial charge in [0.1, 0.15) is 18.4 Å². The number of nitrogens with two attached hydrogens (primary N) is 1. The van der Waals surface area contributed by atoms with Crippen LogP contribution in [0.25, 0.3) is 5.57 Å². The maximum absolute atomic E-state index is 13.1. The Morgan fingerprint density at radius 1 is 1.27 bits per heavy atom. The van der Waals surface area contributed by atoms with E-state index in [4.69, 9.17) is 11.1 Å². The zero-order valence-electron chi connectivity index (χ0n) is 14.2. The van der Waals surface area contributed by atoms with Gasteiger partial charge in [0.2, 0.25) is 0 Å². The minimum absolute atomic E-state index is 0.244. The molecule has 1 fully saturated rings. The molecule has 0 bridgehead atoms. The summed E-state index contributed by atoms with van der Waals surface area (Å²) in [6.45, 7) is -0.683. The Labute approximate surface area is 149 Å². The second-order valence-electron chi connectivity index (χ2n) is 6.67. The normalized spacial score (nSPS) is 17.7. The van der Waals surface area contributed by atoms with Gasteiger partial charge in [0.25, 0.3) is 5.92 Å². The summed E-state index contributed by atoms with van der Waals surface area (Å²) in [5.74, 6) is -2.21. The lowest BCUT2D eigenvalue weighted by Crippen LogP contribution is -2.56. The van der Waals surface area contributed by atoms with Crippen LogP contribution in [0.5, 0.6) is 0 Å². The Morgan fingerprint density at radius 2 is 2.00 bits per heavy atom. The van der Waals surface area contributed by atoms with Gasteiger partial charge < -0.3 is 10.6 Å². The van der Waals surface area contributed by atoms with Gasteiger partial charge in [-0.25, -0.2) is 18.3 Å². The lowest BCUT2D eigenvalue weighted by Gasteiger charge is -2.39. The third kappa shape index (κ3) is 2.85. The highest BCUT2D eigenvalue weighted by Gasteiger charge is 2.44. The summed E-state index contributed by atoms with van der Waals surface area (Å²) in [7, 11) is 1.95. The number of hydrogen-bond donors (Lipinski definition) is 2. The molecule has 1 saturated heterocycles. The van der Waals surface area contributed by atoms with Crippen LogP contribution in [0.1, 0.15) is 16.7 Å². The first-order chi connectivity index (χ1) is 12.3.